The lowest BCUT2D eigenvalue weighted by molar-refractivity contribution is 0.0939. The first-order valence-electron chi connectivity index (χ1n) is 12.2. The Morgan fingerprint density at radius 3 is 2.68 bits per heavy atom. The summed E-state index contributed by atoms with van der Waals surface area (Å²) in [6, 6.07) is 0. The van der Waals surface area contributed by atoms with Crippen LogP contribution in [-0.4, -0.2) is 31.6 Å². The molecular formula is C26H43O4P. The van der Waals surface area contributed by atoms with Crippen molar-refractivity contribution in [2.45, 2.75) is 84.2 Å². The molecule has 0 aromatic carbocycles. The van der Waals surface area contributed by atoms with E-state index in [2.05, 4.69) is 32.6 Å². The number of allylic oxidation sites excluding steroid dienone is 4. The maximum atomic E-state index is 12.4. The van der Waals surface area contributed by atoms with Gasteiger partial charge in [0.15, 0.2) is 0 Å². The Hall–Kier alpha value is -0.670. The molecule has 3 aliphatic rings. The molecule has 3 saturated carbocycles. The average molecular weight is 451 g/mol. The molecule has 0 unspecified atom stereocenters. The molecule has 0 bridgehead atoms. The summed E-state index contributed by atoms with van der Waals surface area (Å²) in [5.41, 5.74) is 4.40. The minimum atomic E-state index is -2.90. The van der Waals surface area contributed by atoms with Crippen molar-refractivity contribution in [3.05, 3.63) is 35.5 Å². The van der Waals surface area contributed by atoms with Crippen molar-refractivity contribution in [3.8, 4) is 0 Å². The van der Waals surface area contributed by atoms with E-state index in [0.717, 1.165) is 32.1 Å². The molecule has 3 rings (SSSR count). The van der Waals surface area contributed by atoms with Crippen LogP contribution in [0.3, 0.4) is 0 Å². The highest BCUT2D eigenvalue weighted by atomic mass is 31.2. The summed E-state index contributed by atoms with van der Waals surface area (Å²) in [6.45, 7) is 9.12. The van der Waals surface area contributed by atoms with Crippen LogP contribution in [0, 0.1) is 23.2 Å². The fourth-order valence-electron chi connectivity index (χ4n) is 6.67. The highest BCUT2D eigenvalue weighted by molar-refractivity contribution is 7.53. The average Bonchev–Trinajstić information content (AvgIpc) is 3.11. The lowest BCUT2D eigenvalue weighted by Gasteiger charge is -2.44. The van der Waals surface area contributed by atoms with Crippen LogP contribution in [0.1, 0.15) is 78.1 Å². The third-order valence-corrected chi connectivity index (χ3v) is 10.5. The maximum absolute atomic E-state index is 12.4. The first-order valence-corrected chi connectivity index (χ1v) is 13.9. The van der Waals surface area contributed by atoms with Gasteiger partial charge in [0.1, 0.15) is 0 Å². The minimum absolute atomic E-state index is 0.213. The smallest absolute Gasteiger partial charge is 0.330 e. The van der Waals surface area contributed by atoms with Gasteiger partial charge in [-0.15, -0.1) is 0 Å². The van der Waals surface area contributed by atoms with Crippen LogP contribution in [0.25, 0.3) is 0 Å². The molecule has 0 aliphatic heterocycles. The Balaban J connectivity index is 1.66. The quantitative estimate of drug-likeness (QED) is 0.402. The second-order valence-corrected chi connectivity index (χ2v) is 12.7. The van der Waals surface area contributed by atoms with Crippen LogP contribution in [-0.2, 0) is 13.6 Å². The van der Waals surface area contributed by atoms with Crippen LogP contribution in [0.2, 0.25) is 0 Å². The Morgan fingerprint density at radius 1 is 1.23 bits per heavy atom. The van der Waals surface area contributed by atoms with Crippen molar-refractivity contribution in [1.29, 1.82) is 0 Å². The van der Waals surface area contributed by atoms with Crippen LogP contribution < -0.4 is 0 Å². The van der Waals surface area contributed by atoms with Gasteiger partial charge in [-0.05, 0) is 93.0 Å². The molecule has 3 fully saturated rings. The largest absolute Gasteiger partial charge is 0.393 e. The summed E-state index contributed by atoms with van der Waals surface area (Å²) in [7, 11) is 0.0566. The van der Waals surface area contributed by atoms with E-state index in [1.165, 1.54) is 57.5 Å². The van der Waals surface area contributed by atoms with Crippen molar-refractivity contribution in [3.63, 3.8) is 0 Å². The molecule has 0 amide bonds. The second-order valence-electron chi connectivity index (χ2n) is 10.3. The molecule has 0 heterocycles. The number of hydrogen-bond donors (Lipinski definition) is 1. The van der Waals surface area contributed by atoms with Gasteiger partial charge in [-0.25, -0.2) is 0 Å². The van der Waals surface area contributed by atoms with Gasteiger partial charge in [0.05, 0.1) is 12.3 Å². The normalized spacial score (nSPS) is 35.5. The molecule has 31 heavy (non-hydrogen) atoms. The van der Waals surface area contributed by atoms with E-state index in [1.54, 1.807) is 5.57 Å². The van der Waals surface area contributed by atoms with Gasteiger partial charge in [-0.3, -0.25) is 4.57 Å². The number of fused-ring (bicyclic) bond motifs is 1. The predicted molar refractivity (Wildman–Crippen MR) is 128 cm³/mol. The van der Waals surface area contributed by atoms with Crippen LogP contribution in [0.15, 0.2) is 35.5 Å². The number of rotatable bonds is 8. The van der Waals surface area contributed by atoms with Gasteiger partial charge in [-0.1, -0.05) is 43.7 Å². The standard InChI is InChI=1S/C26H43O4P/c1-19-10-13-23(27)18-22(19)12-11-21-9-6-16-26(3)24(14-15-25(21)26)20(2)8-7-17-31(28,29-4)30-5/h11-12,20,23-25,27H,1,6-10,13-18H2,2-5H3/b21-11+,22-12-/t20-,23+,24-,25+,26-/m1/s1. The third kappa shape index (κ3) is 5.64. The Labute approximate surface area is 189 Å². The fraction of sp³-hybridized carbons (Fsp3) is 0.769. The summed E-state index contributed by atoms with van der Waals surface area (Å²) in [5, 5.41) is 10.0. The molecule has 0 saturated heterocycles. The summed E-state index contributed by atoms with van der Waals surface area (Å²) in [4.78, 5) is 0. The Bertz CT molecular complexity index is 747. The molecule has 4 nitrogen and oxygen atoms in total. The zero-order valence-electron chi connectivity index (χ0n) is 20.1. The lowest BCUT2D eigenvalue weighted by Crippen LogP contribution is -2.36. The van der Waals surface area contributed by atoms with E-state index < -0.39 is 7.60 Å². The second kappa shape index (κ2) is 10.5. The van der Waals surface area contributed by atoms with Crippen LogP contribution >= 0.6 is 7.60 Å². The molecule has 1 N–H and O–H groups in total. The zero-order chi connectivity index (χ0) is 22.6. The first kappa shape index (κ1) is 25.0. The van der Waals surface area contributed by atoms with Gasteiger partial charge < -0.3 is 14.2 Å². The van der Waals surface area contributed by atoms with E-state index in [4.69, 9.17) is 9.05 Å². The molecule has 0 spiro atoms. The maximum Gasteiger partial charge on any atom is 0.330 e. The van der Waals surface area contributed by atoms with Gasteiger partial charge >= 0.3 is 7.60 Å². The Kier molecular flexibility index (Phi) is 8.46. The summed E-state index contributed by atoms with van der Waals surface area (Å²) < 4.78 is 22.6. The van der Waals surface area contributed by atoms with Crippen molar-refractivity contribution in [2.75, 3.05) is 20.4 Å². The summed E-state index contributed by atoms with van der Waals surface area (Å²) in [5.74, 6) is 1.99. The SMILES string of the molecule is C=C1CC[C@H](O)C/C1=C/C=C1\CCC[C@]2(C)[C@@H]([C@H](C)CCCP(=O)(OC)OC)CC[C@@H]12. The van der Waals surface area contributed by atoms with Gasteiger partial charge in [0.2, 0.25) is 0 Å². The molecule has 3 aliphatic carbocycles. The predicted octanol–water partition coefficient (Wildman–Crippen LogP) is 7.06. The topological polar surface area (TPSA) is 55.8 Å². The van der Waals surface area contributed by atoms with Crippen molar-refractivity contribution in [1.82, 2.24) is 0 Å². The fourth-order valence-corrected chi connectivity index (χ4v) is 7.76. The van der Waals surface area contributed by atoms with Crippen molar-refractivity contribution < 1.29 is 18.7 Å². The molecule has 5 heteroatoms. The number of aliphatic hydroxyl groups excluding tert-OH is 1. The monoisotopic (exact) mass is 450 g/mol. The van der Waals surface area contributed by atoms with Gasteiger partial charge in [-0.2, -0.15) is 0 Å². The zero-order valence-corrected chi connectivity index (χ0v) is 21.0. The molecule has 176 valence electrons. The van der Waals surface area contributed by atoms with E-state index in [0.29, 0.717) is 29.3 Å². The molecule has 0 aromatic heterocycles. The van der Waals surface area contributed by atoms with Crippen LogP contribution in [0.5, 0.6) is 0 Å². The van der Waals surface area contributed by atoms with Gasteiger partial charge in [0, 0.05) is 14.2 Å². The van der Waals surface area contributed by atoms with E-state index in [-0.39, 0.29) is 6.10 Å². The highest BCUT2D eigenvalue weighted by Crippen LogP contribution is 2.60. The number of aliphatic hydroxyl groups is 1. The van der Waals surface area contributed by atoms with Gasteiger partial charge in [0.25, 0.3) is 0 Å². The molecular weight excluding hydrogens is 407 g/mol. The van der Waals surface area contributed by atoms with Crippen molar-refractivity contribution in [2.24, 2.45) is 23.2 Å². The lowest BCUT2D eigenvalue weighted by atomic mass is 9.61. The third-order valence-electron chi connectivity index (χ3n) is 8.56. The van der Waals surface area contributed by atoms with Crippen molar-refractivity contribution >= 4 is 7.60 Å². The Morgan fingerprint density at radius 2 is 1.97 bits per heavy atom. The first-order chi connectivity index (χ1) is 14.7. The molecule has 0 radical (unpaired) electrons. The summed E-state index contributed by atoms with van der Waals surface area (Å²) in [6.07, 6.45) is 15.7. The van der Waals surface area contributed by atoms with E-state index in [1.807, 2.05) is 0 Å². The minimum Gasteiger partial charge on any atom is -0.393 e. The molecule has 5 atom stereocenters. The van der Waals surface area contributed by atoms with E-state index in [9.17, 15) is 9.67 Å². The highest BCUT2D eigenvalue weighted by Gasteiger charge is 2.50. The summed E-state index contributed by atoms with van der Waals surface area (Å²) >= 11 is 0. The van der Waals surface area contributed by atoms with Crippen LogP contribution in [0.4, 0.5) is 0 Å². The number of hydrogen-bond acceptors (Lipinski definition) is 4. The van der Waals surface area contributed by atoms with E-state index >= 15 is 0 Å². The molecule has 0 aromatic rings.